The third kappa shape index (κ3) is 7.91. The molecule has 0 radical (unpaired) electrons. The van der Waals surface area contributed by atoms with Gasteiger partial charge in [-0.15, -0.1) is 0 Å². The Hall–Kier alpha value is -1.73. The number of aldehydes is 1. The van der Waals surface area contributed by atoms with E-state index >= 15 is 0 Å². The monoisotopic (exact) mass is 718 g/mol. The van der Waals surface area contributed by atoms with Crippen LogP contribution >= 0.6 is 63.7 Å². The molecule has 0 saturated heterocycles. The van der Waals surface area contributed by atoms with E-state index in [1.165, 1.54) is 0 Å². The largest absolute Gasteiger partial charge is 0.383 e. The van der Waals surface area contributed by atoms with Crippen molar-refractivity contribution in [1.82, 2.24) is 29.5 Å². The fraction of sp³-hybridized carbons (Fsp3) is 0.227. The molecule has 0 fully saturated rings. The zero-order chi connectivity index (χ0) is 25.1. The van der Waals surface area contributed by atoms with Gasteiger partial charge in [0.25, 0.3) is 0 Å². The molecule has 0 aliphatic carbocycles. The van der Waals surface area contributed by atoms with Crippen LogP contribution < -0.4 is 0 Å². The van der Waals surface area contributed by atoms with Crippen LogP contribution in [-0.4, -0.2) is 40.9 Å². The molecule has 8 nitrogen and oxygen atoms in total. The van der Waals surface area contributed by atoms with E-state index in [1.54, 1.807) is 52.6 Å². The van der Waals surface area contributed by atoms with Crippen LogP contribution in [0, 0.1) is 0 Å². The Kier molecular flexibility index (Phi) is 12.3. The molecule has 1 unspecified atom stereocenters. The molecule has 0 aromatic carbocycles. The Labute approximate surface area is 231 Å². The lowest BCUT2D eigenvalue weighted by molar-refractivity contribution is 0.112. The average molecular weight is 722 g/mol. The maximum Gasteiger partial charge on any atom is 0.154 e. The number of aryl methyl sites for hydroxylation is 2. The molecular weight excluding hydrogens is 700 g/mol. The zero-order valence-corrected chi connectivity index (χ0v) is 24.7. The number of aliphatic hydroxyl groups is 1. The first-order chi connectivity index (χ1) is 16.3. The quantitative estimate of drug-likeness (QED) is 0.246. The van der Waals surface area contributed by atoms with E-state index < -0.39 is 6.10 Å². The number of pyridine rings is 2. The van der Waals surface area contributed by atoms with Gasteiger partial charge in [-0.25, -0.2) is 0 Å². The molecule has 34 heavy (non-hydrogen) atoms. The highest BCUT2D eigenvalue weighted by molar-refractivity contribution is 9.11. The number of hydrogen-bond acceptors (Lipinski definition) is 6. The molecule has 0 saturated carbocycles. The van der Waals surface area contributed by atoms with E-state index in [-0.39, 0.29) is 0 Å². The van der Waals surface area contributed by atoms with Crippen LogP contribution in [0.1, 0.15) is 41.4 Å². The maximum atomic E-state index is 10.3. The summed E-state index contributed by atoms with van der Waals surface area (Å²) >= 11 is 13.4. The third-order valence-electron chi connectivity index (χ3n) is 4.35. The molecule has 1 atom stereocenters. The summed E-state index contributed by atoms with van der Waals surface area (Å²) in [5, 5.41) is 18.4. The number of hydrogen-bond donors (Lipinski definition) is 1. The number of aromatic nitrogens is 6. The third-order valence-corrected chi connectivity index (χ3v) is 7.34. The predicted molar refractivity (Wildman–Crippen MR) is 145 cm³/mol. The second-order valence-corrected chi connectivity index (χ2v) is 9.77. The smallest absolute Gasteiger partial charge is 0.154 e. The normalized spacial score (nSPS) is 11.0. The molecule has 0 spiro atoms. The molecular formula is C22H22Br4N6O2. The minimum atomic E-state index is -0.743. The lowest BCUT2D eigenvalue weighted by Gasteiger charge is -2.11. The first-order valence-corrected chi connectivity index (χ1v) is 13.2. The fourth-order valence-corrected chi connectivity index (χ4v) is 4.44. The van der Waals surface area contributed by atoms with Gasteiger partial charge in [-0.2, -0.15) is 10.2 Å². The van der Waals surface area contributed by atoms with Gasteiger partial charge in [0, 0.05) is 57.9 Å². The summed E-state index contributed by atoms with van der Waals surface area (Å²) in [5.41, 5.74) is 2.06. The highest BCUT2D eigenvalue weighted by Crippen LogP contribution is 2.31. The lowest BCUT2D eigenvalue weighted by atomic mass is 10.1. The van der Waals surface area contributed by atoms with Crippen LogP contribution in [0.4, 0.5) is 0 Å². The number of rotatable bonds is 5. The van der Waals surface area contributed by atoms with Gasteiger partial charge in [0.15, 0.2) is 6.29 Å². The van der Waals surface area contributed by atoms with Crippen molar-refractivity contribution in [2.45, 2.75) is 33.0 Å². The molecule has 0 aliphatic heterocycles. The fourth-order valence-electron chi connectivity index (χ4n) is 2.57. The second kappa shape index (κ2) is 14.6. The van der Waals surface area contributed by atoms with Crippen LogP contribution in [0.3, 0.4) is 0 Å². The number of carbonyl (C=O) groups excluding carboxylic acids is 1. The average Bonchev–Trinajstić information content (AvgIpc) is 3.41. The van der Waals surface area contributed by atoms with Crippen molar-refractivity contribution in [3.05, 3.63) is 90.2 Å². The van der Waals surface area contributed by atoms with E-state index in [1.807, 2.05) is 26.0 Å². The molecule has 1 N–H and O–H groups in total. The molecule has 4 aromatic heterocycles. The van der Waals surface area contributed by atoms with Crippen molar-refractivity contribution in [2.24, 2.45) is 0 Å². The van der Waals surface area contributed by atoms with Gasteiger partial charge in [0.05, 0.1) is 18.0 Å². The Morgan fingerprint density at radius 3 is 1.88 bits per heavy atom. The van der Waals surface area contributed by atoms with Crippen molar-refractivity contribution in [2.75, 3.05) is 0 Å². The molecule has 4 rings (SSSR count). The minimum Gasteiger partial charge on any atom is -0.383 e. The van der Waals surface area contributed by atoms with E-state index in [0.717, 1.165) is 48.7 Å². The lowest BCUT2D eigenvalue weighted by Crippen LogP contribution is -2.02. The summed E-state index contributed by atoms with van der Waals surface area (Å²) in [6, 6.07) is 5.58. The Bertz CT molecular complexity index is 1180. The Morgan fingerprint density at radius 2 is 1.44 bits per heavy atom. The van der Waals surface area contributed by atoms with Crippen LogP contribution in [-0.2, 0) is 13.1 Å². The summed E-state index contributed by atoms with van der Waals surface area (Å²) in [4.78, 5) is 18.1. The van der Waals surface area contributed by atoms with Crippen molar-refractivity contribution < 1.29 is 9.90 Å². The summed E-state index contributed by atoms with van der Waals surface area (Å²) in [7, 11) is 0. The van der Waals surface area contributed by atoms with Crippen molar-refractivity contribution in [3.63, 3.8) is 0 Å². The topological polar surface area (TPSA) is 98.7 Å². The van der Waals surface area contributed by atoms with Crippen LogP contribution in [0.5, 0.6) is 0 Å². The molecule has 180 valence electrons. The van der Waals surface area contributed by atoms with E-state index in [4.69, 9.17) is 0 Å². The molecule has 0 bridgehead atoms. The summed E-state index contributed by atoms with van der Waals surface area (Å²) < 4.78 is 6.94. The number of carbonyl (C=O) groups is 1. The molecule has 12 heteroatoms. The second-order valence-electron chi connectivity index (χ2n) is 6.50. The SMILES string of the molecule is Brc1ccncc1.CCn1ncc(C(O)c2cnccc2Br)c1Br.CCn1ncc(C=O)c1Br. The van der Waals surface area contributed by atoms with Crippen molar-refractivity contribution in [1.29, 1.82) is 0 Å². The van der Waals surface area contributed by atoms with Gasteiger partial charge in [-0.1, -0.05) is 31.9 Å². The van der Waals surface area contributed by atoms with Gasteiger partial charge in [0.1, 0.15) is 15.3 Å². The molecule has 4 heterocycles. The zero-order valence-electron chi connectivity index (χ0n) is 18.3. The Morgan fingerprint density at radius 1 is 0.853 bits per heavy atom. The predicted octanol–water partition coefficient (Wildman–Crippen LogP) is 6.23. The van der Waals surface area contributed by atoms with Crippen molar-refractivity contribution in [3.8, 4) is 0 Å². The summed E-state index contributed by atoms with van der Waals surface area (Å²) in [6.45, 7) is 5.48. The first-order valence-electron chi connectivity index (χ1n) is 10.0. The first kappa shape index (κ1) is 28.5. The molecule has 0 aliphatic rings. The van der Waals surface area contributed by atoms with Gasteiger partial charge in [0.2, 0.25) is 0 Å². The summed E-state index contributed by atoms with van der Waals surface area (Å²) in [6.07, 6.45) is 10.0. The van der Waals surface area contributed by atoms with Gasteiger partial charge in [-0.05, 0) is 63.9 Å². The van der Waals surface area contributed by atoms with Crippen LogP contribution in [0.15, 0.2) is 73.5 Å². The van der Waals surface area contributed by atoms with Gasteiger partial charge in [-0.3, -0.25) is 24.1 Å². The van der Waals surface area contributed by atoms with Gasteiger partial charge >= 0.3 is 0 Å². The maximum absolute atomic E-state index is 10.3. The Balaban J connectivity index is 0.000000202. The standard InChI is InChI=1S/C11H11Br2N3O.C6H7BrN2O.C5H4BrN/c1-2-16-11(13)8(6-15-16)10(17)7-5-14-4-3-9(7)12;1-2-9-6(7)5(4-10)3-8-9;6-5-1-3-7-4-2-5/h3-6,10,17H,2H2,1H3;3-4H,2H2,1H3;1-4H. The molecule has 4 aromatic rings. The minimum absolute atomic E-state index is 0.599. The van der Waals surface area contributed by atoms with Crippen molar-refractivity contribution >= 4 is 70.0 Å². The van der Waals surface area contributed by atoms with Crippen LogP contribution in [0.25, 0.3) is 0 Å². The highest BCUT2D eigenvalue weighted by atomic mass is 79.9. The highest BCUT2D eigenvalue weighted by Gasteiger charge is 2.19. The molecule has 0 amide bonds. The van der Waals surface area contributed by atoms with E-state index in [2.05, 4.69) is 83.9 Å². The summed E-state index contributed by atoms with van der Waals surface area (Å²) in [5.74, 6) is 0. The van der Waals surface area contributed by atoms with Crippen LogP contribution in [0.2, 0.25) is 0 Å². The number of aliphatic hydroxyl groups excluding tert-OH is 1. The number of halogens is 4. The number of nitrogens with zero attached hydrogens (tertiary/aromatic N) is 6. The van der Waals surface area contributed by atoms with Gasteiger partial charge < -0.3 is 5.11 Å². The van der Waals surface area contributed by atoms with E-state index in [9.17, 15) is 9.90 Å². The van der Waals surface area contributed by atoms with E-state index in [0.29, 0.717) is 5.56 Å².